The molecule has 3 atom stereocenters. The van der Waals surface area contributed by atoms with E-state index >= 15 is 0 Å². The lowest BCUT2D eigenvalue weighted by Gasteiger charge is -2.36. The molecule has 3 rings (SSSR count). The van der Waals surface area contributed by atoms with E-state index in [2.05, 4.69) is 0 Å². The van der Waals surface area contributed by atoms with E-state index in [1.807, 2.05) is 18.2 Å². The van der Waals surface area contributed by atoms with E-state index in [0.717, 1.165) is 37.4 Å². The number of rotatable bonds is 1. The molecule has 0 radical (unpaired) electrons. The Balaban J connectivity index is 1.80. The fourth-order valence-electron chi connectivity index (χ4n) is 2.85. The van der Waals surface area contributed by atoms with Crippen molar-refractivity contribution < 1.29 is 9.47 Å². The van der Waals surface area contributed by atoms with Crippen molar-refractivity contribution in [2.45, 2.75) is 31.4 Å². The van der Waals surface area contributed by atoms with Crippen LogP contribution in [0.15, 0.2) is 18.2 Å². The van der Waals surface area contributed by atoms with Crippen LogP contribution in [0.2, 0.25) is 5.02 Å². The summed E-state index contributed by atoms with van der Waals surface area (Å²) >= 11 is 6.00. The molecule has 98 valence electrons. The molecular formula is C14H18ClNO2. The maximum atomic E-state index is 6.23. The van der Waals surface area contributed by atoms with Crippen molar-refractivity contribution in [3.63, 3.8) is 0 Å². The van der Waals surface area contributed by atoms with Gasteiger partial charge in [0.2, 0.25) is 0 Å². The van der Waals surface area contributed by atoms with Crippen molar-refractivity contribution in [2.24, 2.45) is 11.7 Å². The molecule has 4 heteroatoms. The van der Waals surface area contributed by atoms with Crippen molar-refractivity contribution in [1.29, 1.82) is 0 Å². The zero-order valence-electron chi connectivity index (χ0n) is 10.3. The second-order valence-corrected chi connectivity index (χ2v) is 5.59. The van der Waals surface area contributed by atoms with E-state index in [1.54, 1.807) is 0 Å². The minimum absolute atomic E-state index is 0.0133. The molecule has 0 aliphatic carbocycles. The maximum absolute atomic E-state index is 6.23. The van der Waals surface area contributed by atoms with Crippen molar-refractivity contribution in [2.75, 3.05) is 13.2 Å². The lowest BCUT2D eigenvalue weighted by molar-refractivity contribution is -0.00923. The largest absolute Gasteiger partial charge is 0.490 e. The molecule has 2 heterocycles. The van der Waals surface area contributed by atoms with Crippen molar-refractivity contribution in [3.8, 4) is 5.75 Å². The van der Waals surface area contributed by atoms with Crippen LogP contribution in [0, 0.1) is 5.92 Å². The zero-order valence-corrected chi connectivity index (χ0v) is 11.0. The number of fused-ring (bicyclic) bond motifs is 1. The van der Waals surface area contributed by atoms with Gasteiger partial charge in [-0.2, -0.15) is 0 Å². The first-order chi connectivity index (χ1) is 8.74. The number of hydrogen-bond acceptors (Lipinski definition) is 3. The van der Waals surface area contributed by atoms with Gasteiger partial charge in [0, 0.05) is 35.6 Å². The van der Waals surface area contributed by atoms with Gasteiger partial charge in [0.15, 0.2) is 0 Å². The topological polar surface area (TPSA) is 44.5 Å². The SMILES string of the molecule is N[C@H]1CC(C2CCCOC2)Oc2ccc(Cl)cc21. The molecule has 0 saturated carbocycles. The standard InChI is InChI=1S/C14H18ClNO2/c15-10-3-4-13-11(6-10)12(16)7-14(18-13)9-2-1-5-17-8-9/h3-4,6,9,12,14H,1-2,5,7-8,16H2/t9?,12-,14?/m0/s1. The van der Waals surface area contributed by atoms with Crippen molar-refractivity contribution >= 4 is 11.6 Å². The summed E-state index contributed by atoms with van der Waals surface area (Å²) in [6, 6.07) is 5.70. The molecule has 18 heavy (non-hydrogen) atoms. The van der Waals surface area contributed by atoms with Crippen LogP contribution in [0.3, 0.4) is 0 Å². The third-order valence-electron chi connectivity index (χ3n) is 3.86. The van der Waals surface area contributed by atoms with Gasteiger partial charge < -0.3 is 15.2 Å². The van der Waals surface area contributed by atoms with E-state index in [9.17, 15) is 0 Å². The molecule has 0 amide bonds. The van der Waals surface area contributed by atoms with Crippen molar-refractivity contribution in [1.82, 2.24) is 0 Å². The molecule has 2 N–H and O–H groups in total. The van der Waals surface area contributed by atoms with Crippen LogP contribution in [0.5, 0.6) is 5.75 Å². The highest BCUT2D eigenvalue weighted by Gasteiger charge is 2.32. The molecule has 0 bridgehead atoms. The van der Waals surface area contributed by atoms with Gasteiger partial charge in [0.1, 0.15) is 11.9 Å². The summed E-state index contributed by atoms with van der Waals surface area (Å²) in [6.45, 7) is 1.67. The van der Waals surface area contributed by atoms with Gasteiger partial charge in [-0.05, 0) is 31.0 Å². The summed E-state index contributed by atoms with van der Waals surface area (Å²) in [6.07, 6.45) is 3.31. The minimum Gasteiger partial charge on any atom is -0.490 e. The molecule has 2 aliphatic heterocycles. The number of benzene rings is 1. The van der Waals surface area contributed by atoms with Crippen LogP contribution >= 0.6 is 11.6 Å². The molecule has 1 aromatic rings. The van der Waals surface area contributed by atoms with Crippen LogP contribution in [0.25, 0.3) is 0 Å². The van der Waals surface area contributed by atoms with Gasteiger partial charge >= 0.3 is 0 Å². The van der Waals surface area contributed by atoms with Gasteiger partial charge in [-0.1, -0.05) is 11.6 Å². The van der Waals surface area contributed by atoms with Gasteiger partial charge in [-0.3, -0.25) is 0 Å². The Morgan fingerprint density at radius 1 is 1.33 bits per heavy atom. The third kappa shape index (κ3) is 2.35. The van der Waals surface area contributed by atoms with Crippen LogP contribution in [0.4, 0.5) is 0 Å². The minimum atomic E-state index is 0.0133. The Morgan fingerprint density at radius 3 is 3.00 bits per heavy atom. The molecule has 2 unspecified atom stereocenters. The zero-order chi connectivity index (χ0) is 12.5. The fourth-order valence-corrected chi connectivity index (χ4v) is 3.03. The fraction of sp³-hybridized carbons (Fsp3) is 0.571. The number of hydrogen-bond donors (Lipinski definition) is 1. The predicted octanol–water partition coefficient (Wildman–Crippen LogP) is 2.92. The Kier molecular flexibility index (Phi) is 3.46. The summed E-state index contributed by atoms with van der Waals surface area (Å²) in [4.78, 5) is 0. The number of halogens is 1. The first kappa shape index (κ1) is 12.3. The lowest BCUT2D eigenvalue weighted by atomic mass is 9.87. The van der Waals surface area contributed by atoms with Gasteiger partial charge in [0.05, 0.1) is 6.61 Å². The van der Waals surface area contributed by atoms with Gasteiger partial charge in [-0.15, -0.1) is 0 Å². The summed E-state index contributed by atoms with van der Waals surface area (Å²) in [5.74, 6) is 1.35. The van der Waals surface area contributed by atoms with Crippen LogP contribution in [-0.4, -0.2) is 19.3 Å². The Labute approximate surface area is 112 Å². The molecule has 0 spiro atoms. The van der Waals surface area contributed by atoms with E-state index < -0.39 is 0 Å². The second-order valence-electron chi connectivity index (χ2n) is 5.16. The molecule has 1 saturated heterocycles. The normalized spacial score (nSPS) is 31.6. The quantitative estimate of drug-likeness (QED) is 0.851. The molecule has 0 aromatic heterocycles. The highest BCUT2D eigenvalue weighted by Crippen LogP contribution is 2.38. The average molecular weight is 268 g/mol. The van der Waals surface area contributed by atoms with E-state index in [1.165, 1.54) is 6.42 Å². The Morgan fingerprint density at radius 2 is 2.22 bits per heavy atom. The third-order valence-corrected chi connectivity index (χ3v) is 4.09. The summed E-state index contributed by atoms with van der Waals surface area (Å²) in [7, 11) is 0. The molecule has 3 nitrogen and oxygen atoms in total. The first-order valence-corrected chi connectivity index (χ1v) is 6.91. The number of nitrogens with two attached hydrogens (primary N) is 1. The monoisotopic (exact) mass is 267 g/mol. The lowest BCUT2D eigenvalue weighted by Crippen LogP contribution is -2.38. The van der Waals surface area contributed by atoms with E-state index in [-0.39, 0.29) is 12.1 Å². The molecule has 2 aliphatic rings. The van der Waals surface area contributed by atoms with Crippen LogP contribution in [-0.2, 0) is 4.74 Å². The van der Waals surface area contributed by atoms with Gasteiger partial charge in [0.25, 0.3) is 0 Å². The molecular weight excluding hydrogens is 250 g/mol. The maximum Gasteiger partial charge on any atom is 0.124 e. The van der Waals surface area contributed by atoms with E-state index in [0.29, 0.717) is 10.9 Å². The number of ether oxygens (including phenoxy) is 2. The van der Waals surface area contributed by atoms with Gasteiger partial charge in [-0.25, -0.2) is 0 Å². The molecule has 1 aromatic carbocycles. The van der Waals surface area contributed by atoms with Crippen molar-refractivity contribution in [3.05, 3.63) is 28.8 Å². The highest BCUT2D eigenvalue weighted by molar-refractivity contribution is 6.30. The predicted molar refractivity (Wildman–Crippen MR) is 71.0 cm³/mol. The van der Waals surface area contributed by atoms with Crippen LogP contribution in [0.1, 0.15) is 30.9 Å². The molecule has 1 fully saturated rings. The second kappa shape index (κ2) is 5.08. The smallest absolute Gasteiger partial charge is 0.124 e. The summed E-state index contributed by atoms with van der Waals surface area (Å²) < 4.78 is 11.6. The summed E-state index contributed by atoms with van der Waals surface area (Å²) in [5, 5.41) is 0.715. The average Bonchev–Trinajstić information content (AvgIpc) is 2.40. The highest BCUT2D eigenvalue weighted by atomic mass is 35.5. The van der Waals surface area contributed by atoms with Crippen LogP contribution < -0.4 is 10.5 Å². The Bertz CT molecular complexity index is 432. The first-order valence-electron chi connectivity index (χ1n) is 6.53. The van der Waals surface area contributed by atoms with E-state index in [4.69, 9.17) is 26.8 Å². The Hall–Kier alpha value is -0.770. The summed E-state index contributed by atoms with van der Waals surface area (Å²) in [5.41, 5.74) is 7.26.